The smallest absolute Gasteiger partial charge is 0.0591 e. The van der Waals surface area contributed by atoms with Crippen LogP contribution in [-0.4, -0.2) is 11.2 Å². The van der Waals surface area contributed by atoms with Gasteiger partial charge in [-0.25, -0.2) is 0 Å². The number of aliphatic hydroxyl groups excluding tert-OH is 1. The van der Waals surface area contributed by atoms with Crippen LogP contribution in [0.4, 0.5) is 0 Å². The maximum atomic E-state index is 9.48. The van der Waals surface area contributed by atoms with E-state index in [2.05, 4.69) is 6.58 Å². The molecule has 0 aliphatic carbocycles. The Morgan fingerprint density at radius 3 is 2.20 bits per heavy atom. The van der Waals surface area contributed by atoms with Gasteiger partial charge in [0, 0.05) is 0 Å². The zero-order valence-corrected chi connectivity index (χ0v) is 7.17. The molecule has 0 saturated carbocycles. The lowest BCUT2D eigenvalue weighted by Gasteiger charge is -2.20. The standard InChI is InChI=1S/C9H18O/c1-5-6-8(4)9(10)7(2)3/h5,7-10H,1,6H2,2-4H3/t8-,9+/m1/s1. The fourth-order valence-corrected chi connectivity index (χ4v) is 1.06. The van der Waals surface area contributed by atoms with E-state index in [0.29, 0.717) is 11.8 Å². The first-order valence-corrected chi connectivity index (χ1v) is 3.88. The van der Waals surface area contributed by atoms with E-state index >= 15 is 0 Å². The number of rotatable bonds is 4. The van der Waals surface area contributed by atoms with Crippen LogP contribution in [0.25, 0.3) is 0 Å². The van der Waals surface area contributed by atoms with Crippen LogP contribution in [0.1, 0.15) is 27.2 Å². The molecule has 10 heavy (non-hydrogen) atoms. The molecule has 0 aliphatic rings. The summed E-state index contributed by atoms with van der Waals surface area (Å²) < 4.78 is 0. The second kappa shape index (κ2) is 4.51. The van der Waals surface area contributed by atoms with Gasteiger partial charge >= 0.3 is 0 Å². The molecule has 0 aliphatic heterocycles. The Labute approximate surface area is 63.8 Å². The quantitative estimate of drug-likeness (QED) is 0.597. The molecule has 0 radical (unpaired) electrons. The summed E-state index contributed by atoms with van der Waals surface area (Å²) in [6, 6.07) is 0. The maximum Gasteiger partial charge on any atom is 0.0591 e. The van der Waals surface area contributed by atoms with Crippen LogP contribution < -0.4 is 0 Å². The molecule has 0 rings (SSSR count). The highest BCUT2D eigenvalue weighted by Crippen LogP contribution is 2.15. The highest BCUT2D eigenvalue weighted by Gasteiger charge is 2.15. The Balaban J connectivity index is 3.68. The van der Waals surface area contributed by atoms with Gasteiger partial charge in [-0.15, -0.1) is 6.58 Å². The van der Waals surface area contributed by atoms with E-state index in [1.807, 2.05) is 26.8 Å². The summed E-state index contributed by atoms with van der Waals surface area (Å²) in [7, 11) is 0. The molecular formula is C9H18O. The predicted molar refractivity (Wildman–Crippen MR) is 44.8 cm³/mol. The fraction of sp³-hybridized carbons (Fsp3) is 0.778. The van der Waals surface area contributed by atoms with Crippen LogP contribution in [0.15, 0.2) is 12.7 Å². The molecule has 0 aromatic carbocycles. The lowest BCUT2D eigenvalue weighted by Crippen LogP contribution is -2.22. The minimum absolute atomic E-state index is 0.182. The summed E-state index contributed by atoms with van der Waals surface area (Å²) in [6.07, 6.45) is 2.58. The van der Waals surface area contributed by atoms with Gasteiger partial charge in [0.2, 0.25) is 0 Å². The van der Waals surface area contributed by atoms with E-state index in [1.54, 1.807) is 0 Å². The Bertz CT molecular complexity index is 96.9. The van der Waals surface area contributed by atoms with Crippen LogP contribution >= 0.6 is 0 Å². The number of hydrogen-bond acceptors (Lipinski definition) is 1. The summed E-state index contributed by atoms with van der Waals surface area (Å²) >= 11 is 0. The van der Waals surface area contributed by atoms with Gasteiger partial charge in [-0.05, 0) is 18.3 Å². The lowest BCUT2D eigenvalue weighted by molar-refractivity contribution is 0.0736. The molecule has 1 nitrogen and oxygen atoms in total. The van der Waals surface area contributed by atoms with Crippen molar-refractivity contribution in [1.82, 2.24) is 0 Å². The van der Waals surface area contributed by atoms with E-state index in [0.717, 1.165) is 6.42 Å². The summed E-state index contributed by atoms with van der Waals surface area (Å²) in [5.41, 5.74) is 0. The van der Waals surface area contributed by atoms with Gasteiger partial charge in [0.1, 0.15) is 0 Å². The highest BCUT2D eigenvalue weighted by molar-refractivity contribution is 4.76. The molecular weight excluding hydrogens is 124 g/mol. The first-order chi connectivity index (χ1) is 4.59. The Hall–Kier alpha value is -0.300. The molecule has 1 N–H and O–H groups in total. The lowest BCUT2D eigenvalue weighted by atomic mass is 9.92. The zero-order chi connectivity index (χ0) is 8.15. The number of hydrogen-bond donors (Lipinski definition) is 1. The monoisotopic (exact) mass is 142 g/mol. The van der Waals surface area contributed by atoms with Crippen LogP contribution in [0.3, 0.4) is 0 Å². The third-order valence-corrected chi connectivity index (χ3v) is 1.80. The van der Waals surface area contributed by atoms with Gasteiger partial charge in [0.15, 0.2) is 0 Å². The second-order valence-corrected chi connectivity index (χ2v) is 3.24. The summed E-state index contributed by atoms with van der Waals surface area (Å²) in [4.78, 5) is 0. The molecule has 0 amide bonds. The molecule has 60 valence electrons. The summed E-state index contributed by atoms with van der Waals surface area (Å²) in [5, 5.41) is 9.48. The molecule has 1 heteroatoms. The molecule has 2 atom stereocenters. The summed E-state index contributed by atoms with van der Waals surface area (Å²) in [6.45, 7) is 9.74. The first kappa shape index (κ1) is 9.70. The first-order valence-electron chi connectivity index (χ1n) is 3.88. The van der Waals surface area contributed by atoms with Gasteiger partial charge in [-0.1, -0.05) is 26.8 Å². The van der Waals surface area contributed by atoms with Crippen molar-refractivity contribution in [1.29, 1.82) is 0 Å². The predicted octanol–water partition coefficient (Wildman–Crippen LogP) is 2.22. The molecule has 0 bridgehead atoms. The van der Waals surface area contributed by atoms with Crippen molar-refractivity contribution in [2.75, 3.05) is 0 Å². The molecule has 0 aromatic rings. The van der Waals surface area contributed by atoms with Crippen molar-refractivity contribution in [3.63, 3.8) is 0 Å². The topological polar surface area (TPSA) is 20.2 Å². The fourth-order valence-electron chi connectivity index (χ4n) is 1.06. The Kier molecular flexibility index (Phi) is 4.37. The molecule has 0 spiro atoms. The zero-order valence-electron chi connectivity index (χ0n) is 7.17. The van der Waals surface area contributed by atoms with Crippen molar-refractivity contribution in [2.45, 2.75) is 33.3 Å². The van der Waals surface area contributed by atoms with Crippen molar-refractivity contribution in [2.24, 2.45) is 11.8 Å². The van der Waals surface area contributed by atoms with Gasteiger partial charge < -0.3 is 5.11 Å². The average molecular weight is 142 g/mol. The van der Waals surface area contributed by atoms with Crippen molar-refractivity contribution < 1.29 is 5.11 Å². The normalized spacial score (nSPS) is 16.9. The largest absolute Gasteiger partial charge is 0.393 e. The molecule has 0 fully saturated rings. The van der Waals surface area contributed by atoms with Crippen molar-refractivity contribution >= 4 is 0 Å². The summed E-state index contributed by atoms with van der Waals surface area (Å²) in [5.74, 6) is 0.701. The minimum atomic E-state index is -0.182. The molecule has 0 heterocycles. The maximum absolute atomic E-state index is 9.48. The molecule has 0 aromatic heterocycles. The van der Waals surface area contributed by atoms with Gasteiger partial charge in [0.05, 0.1) is 6.10 Å². The highest BCUT2D eigenvalue weighted by atomic mass is 16.3. The third kappa shape index (κ3) is 3.02. The van der Waals surface area contributed by atoms with E-state index < -0.39 is 0 Å². The Morgan fingerprint density at radius 1 is 1.40 bits per heavy atom. The minimum Gasteiger partial charge on any atom is -0.393 e. The number of allylic oxidation sites excluding steroid dienone is 1. The molecule has 0 saturated heterocycles. The van der Waals surface area contributed by atoms with Crippen molar-refractivity contribution in [3.05, 3.63) is 12.7 Å². The Morgan fingerprint density at radius 2 is 1.90 bits per heavy atom. The van der Waals surface area contributed by atoms with Crippen LogP contribution in [0, 0.1) is 11.8 Å². The van der Waals surface area contributed by atoms with Gasteiger partial charge in [-0.2, -0.15) is 0 Å². The van der Waals surface area contributed by atoms with Crippen LogP contribution in [-0.2, 0) is 0 Å². The molecule has 0 unspecified atom stereocenters. The SMILES string of the molecule is C=CC[C@@H](C)[C@@H](O)C(C)C. The third-order valence-electron chi connectivity index (χ3n) is 1.80. The van der Waals surface area contributed by atoms with E-state index in [1.165, 1.54) is 0 Å². The van der Waals surface area contributed by atoms with Gasteiger partial charge in [-0.3, -0.25) is 0 Å². The van der Waals surface area contributed by atoms with Crippen LogP contribution in [0.2, 0.25) is 0 Å². The number of aliphatic hydroxyl groups is 1. The van der Waals surface area contributed by atoms with Gasteiger partial charge in [0.25, 0.3) is 0 Å². The van der Waals surface area contributed by atoms with Crippen molar-refractivity contribution in [3.8, 4) is 0 Å². The van der Waals surface area contributed by atoms with E-state index in [-0.39, 0.29) is 6.10 Å². The van der Waals surface area contributed by atoms with Crippen LogP contribution in [0.5, 0.6) is 0 Å². The van der Waals surface area contributed by atoms with E-state index in [9.17, 15) is 5.11 Å². The van der Waals surface area contributed by atoms with E-state index in [4.69, 9.17) is 0 Å². The average Bonchev–Trinajstić information content (AvgIpc) is 1.87. The second-order valence-electron chi connectivity index (χ2n) is 3.24.